The van der Waals surface area contributed by atoms with Gasteiger partial charge >= 0.3 is 5.97 Å². The highest BCUT2D eigenvalue weighted by molar-refractivity contribution is 6.24. The summed E-state index contributed by atoms with van der Waals surface area (Å²) < 4.78 is 5.82. The largest absolute Gasteiger partial charge is 0.459 e. The lowest BCUT2D eigenvalue weighted by atomic mass is 9.85. The van der Waals surface area contributed by atoms with Gasteiger partial charge in [-0.1, -0.05) is 89.6 Å². The van der Waals surface area contributed by atoms with E-state index < -0.39 is 5.97 Å². The summed E-state index contributed by atoms with van der Waals surface area (Å²) in [6.07, 6.45) is 8.77. The Kier molecular flexibility index (Phi) is 9.68. The molecule has 1 aromatic rings. The molecule has 6 heteroatoms. The van der Waals surface area contributed by atoms with Gasteiger partial charge in [0.15, 0.2) is 5.78 Å². The van der Waals surface area contributed by atoms with Crippen molar-refractivity contribution in [3.8, 4) is 0 Å². The molecule has 6 nitrogen and oxygen atoms in total. The minimum absolute atomic E-state index is 0.149. The van der Waals surface area contributed by atoms with E-state index in [1.54, 1.807) is 0 Å². The topological polar surface area (TPSA) is 108 Å². The summed E-state index contributed by atoms with van der Waals surface area (Å²) in [6.45, 7) is 8.07. The highest BCUT2D eigenvalue weighted by Crippen LogP contribution is 2.40. The number of ether oxygens (including phenoxy) is 1. The lowest BCUT2D eigenvalue weighted by Gasteiger charge is -2.22. The summed E-state index contributed by atoms with van der Waals surface area (Å²) in [7, 11) is 0. The van der Waals surface area contributed by atoms with Crippen LogP contribution in [0.2, 0.25) is 0 Å². The summed E-state index contributed by atoms with van der Waals surface area (Å²) in [6, 6.07) is 9.85. The van der Waals surface area contributed by atoms with E-state index in [9.17, 15) is 9.59 Å². The maximum Gasteiger partial charge on any atom is 0.342 e. The minimum atomic E-state index is -0.537. The number of Topliss-reactive ketones (excluding diaryl/α,β-unsaturated/α-hetero) is 1. The molecule has 0 spiro atoms. The number of aliphatic imine (C=N–C) groups is 1. The van der Waals surface area contributed by atoms with Crippen molar-refractivity contribution >= 4 is 17.5 Å². The van der Waals surface area contributed by atoms with Crippen LogP contribution in [0.5, 0.6) is 0 Å². The average molecular weight is 492 g/mol. The van der Waals surface area contributed by atoms with Gasteiger partial charge in [-0.2, -0.15) is 0 Å². The van der Waals surface area contributed by atoms with E-state index in [1.807, 2.05) is 51.1 Å². The summed E-state index contributed by atoms with van der Waals surface area (Å²) >= 11 is 0. The number of ketones is 1. The number of allylic oxidation sites excluding steroid dienone is 3. The van der Waals surface area contributed by atoms with Gasteiger partial charge in [-0.3, -0.25) is 4.79 Å². The number of unbranched alkanes of at least 4 members (excludes halogenated alkanes) is 5. The molecule has 194 valence electrons. The molecule has 0 fully saturated rings. The van der Waals surface area contributed by atoms with Crippen LogP contribution in [0.1, 0.15) is 97.0 Å². The second kappa shape index (κ2) is 12.7. The van der Waals surface area contributed by atoms with Crippen LogP contribution in [0.15, 0.2) is 69.1 Å². The van der Waals surface area contributed by atoms with Gasteiger partial charge in [-0.25, -0.2) is 9.79 Å². The van der Waals surface area contributed by atoms with Crippen molar-refractivity contribution in [3.05, 3.63) is 69.7 Å². The Morgan fingerprint density at radius 1 is 0.944 bits per heavy atom. The quantitative estimate of drug-likeness (QED) is 0.260. The van der Waals surface area contributed by atoms with E-state index >= 15 is 0 Å². The highest BCUT2D eigenvalue weighted by Gasteiger charge is 2.40. The Morgan fingerprint density at radius 2 is 1.61 bits per heavy atom. The fraction of sp³-hybridized carbons (Fsp3) is 0.500. The van der Waals surface area contributed by atoms with E-state index in [-0.39, 0.29) is 40.3 Å². The van der Waals surface area contributed by atoms with Crippen LogP contribution < -0.4 is 11.5 Å². The first kappa shape index (κ1) is 27.4. The minimum Gasteiger partial charge on any atom is -0.459 e. The molecule has 36 heavy (non-hydrogen) atoms. The SMILES string of the molecule is CCCCCCCCC(C)OC(=O)C1=C2N=C(C(C)c3ccccc3)C(N)=C2C(=O)C(CCC)=C1N. The van der Waals surface area contributed by atoms with Crippen molar-refractivity contribution in [1.29, 1.82) is 0 Å². The van der Waals surface area contributed by atoms with Gasteiger partial charge in [-0.15, -0.1) is 0 Å². The lowest BCUT2D eigenvalue weighted by Crippen LogP contribution is -2.29. The standard InChI is InChI=1S/C30H41N3O3/c1-5-7-8-9-10-12-16-19(3)36-30(35)24-25(31)22(15-6-2)29(34)23-26(32)27(33-28(23)24)20(4)21-17-13-11-14-18-21/h11,13-14,17-20H,5-10,12,15-16,31-32H2,1-4H3. The number of hydrogen-bond donors (Lipinski definition) is 2. The maximum atomic E-state index is 13.4. The zero-order valence-electron chi connectivity index (χ0n) is 22.2. The lowest BCUT2D eigenvalue weighted by molar-refractivity contribution is -0.143. The molecule has 0 saturated heterocycles. The monoisotopic (exact) mass is 491 g/mol. The molecular weight excluding hydrogens is 450 g/mol. The first-order valence-electron chi connectivity index (χ1n) is 13.4. The molecule has 2 unspecified atom stereocenters. The zero-order valence-corrected chi connectivity index (χ0v) is 22.2. The van der Waals surface area contributed by atoms with Gasteiger partial charge in [0.25, 0.3) is 0 Å². The number of rotatable bonds is 13. The van der Waals surface area contributed by atoms with E-state index in [4.69, 9.17) is 21.2 Å². The molecule has 4 N–H and O–H groups in total. The third-order valence-electron chi connectivity index (χ3n) is 7.03. The molecule has 0 amide bonds. The molecule has 1 aromatic carbocycles. The van der Waals surface area contributed by atoms with Gasteiger partial charge in [0.2, 0.25) is 0 Å². The number of carbonyl (C=O) groups is 2. The summed E-state index contributed by atoms with van der Waals surface area (Å²) in [4.78, 5) is 31.6. The molecule has 2 aliphatic rings. The van der Waals surface area contributed by atoms with Crippen molar-refractivity contribution in [2.75, 3.05) is 0 Å². The molecule has 1 aliphatic heterocycles. The van der Waals surface area contributed by atoms with Gasteiger partial charge in [0.05, 0.1) is 34.5 Å². The number of esters is 1. The number of nitrogens with two attached hydrogens (primary N) is 2. The first-order valence-corrected chi connectivity index (χ1v) is 13.4. The molecule has 3 rings (SSSR count). The highest BCUT2D eigenvalue weighted by atomic mass is 16.5. The molecule has 1 heterocycles. The summed E-state index contributed by atoms with van der Waals surface area (Å²) in [5.74, 6) is -0.924. The van der Waals surface area contributed by atoms with Gasteiger partial charge in [0.1, 0.15) is 5.57 Å². The van der Waals surface area contributed by atoms with Crippen LogP contribution in [0, 0.1) is 0 Å². The number of benzene rings is 1. The van der Waals surface area contributed by atoms with E-state index in [2.05, 4.69) is 6.92 Å². The fourth-order valence-corrected chi connectivity index (χ4v) is 4.90. The third-order valence-corrected chi connectivity index (χ3v) is 7.03. The van der Waals surface area contributed by atoms with Crippen molar-refractivity contribution in [2.24, 2.45) is 16.5 Å². The zero-order chi connectivity index (χ0) is 26.2. The van der Waals surface area contributed by atoms with Crippen LogP contribution >= 0.6 is 0 Å². The van der Waals surface area contributed by atoms with Crippen molar-refractivity contribution in [2.45, 2.75) is 97.5 Å². The second-order valence-electron chi connectivity index (χ2n) is 9.89. The Hall–Kier alpha value is -3.15. The number of carbonyl (C=O) groups excluding carboxylic acids is 2. The van der Waals surface area contributed by atoms with Crippen LogP contribution in [0.25, 0.3) is 0 Å². The number of nitrogens with zero attached hydrogens (tertiary/aromatic N) is 1. The molecule has 0 aromatic heterocycles. The normalized spacial score (nSPS) is 17.3. The van der Waals surface area contributed by atoms with E-state index in [1.165, 1.54) is 25.7 Å². The van der Waals surface area contributed by atoms with Gasteiger partial charge in [-0.05, 0) is 31.7 Å². The Bertz CT molecular complexity index is 1100. The number of fused-ring (bicyclic) bond motifs is 1. The Balaban J connectivity index is 1.89. The van der Waals surface area contributed by atoms with E-state index in [0.29, 0.717) is 23.4 Å². The first-order chi connectivity index (χ1) is 17.3. The molecule has 0 saturated carbocycles. The predicted molar refractivity (Wildman–Crippen MR) is 145 cm³/mol. The molecule has 2 atom stereocenters. The summed E-state index contributed by atoms with van der Waals surface area (Å²) in [5.41, 5.74) is 16.2. The summed E-state index contributed by atoms with van der Waals surface area (Å²) in [5, 5.41) is 0. The van der Waals surface area contributed by atoms with Gasteiger partial charge in [0, 0.05) is 11.5 Å². The molecule has 1 aliphatic carbocycles. The third kappa shape index (κ3) is 5.97. The van der Waals surface area contributed by atoms with Crippen molar-refractivity contribution in [1.82, 2.24) is 0 Å². The molecule has 0 radical (unpaired) electrons. The second-order valence-corrected chi connectivity index (χ2v) is 9.89. The van der Waals surface area contributed by atoms with Crippen molar-refractivity contribution in [3.63, 3.8) is 0 Å². The fourth-order valence-electron chi connectivity index (χ4n) is 4.90. The smallest absolute Gasteiger partial charge is 0.342 e. The predicted octanol–water partition coefficient (Wildman–Crippen LogP) is 5.99. The molecular formula is C30H41N3O3. The van der Waals surface area contributed by atoms with Crippen LogP contribution in [-0.2, 0) is 14.3 Å². The van der Waals surface area contributed by atoms with Crippen molar-refractivity contribution < 1.29 is 14.3 Å². The Labute approximate surface area is 215 Å². The van der Waals surface area contributed by atoms with Crippen LogP contribution in [-0.4, -0.2) is 23.6 Å². The van der Waals surface area contributed by atoms with Crippen LogP contribution in [0.3, 0.4) is 0 Å². The van der Waals surface area contributed by atoms with Gasteiger partial charge < -0.3 is 16.2 Å². The maximum absolute atomic E-state index is 13.4. The average Bonchev–Trinajstić information content (AvgIpc) is 3.20. The Morgan fingerprint density at radius 3 is 2.28 bits per heavy atom. The number of hydrogen-bond acceptors (Lipinski definition) is 6. The molecule has 0 bridgehead atoms. The van der Waals surface area contributed by atoms with Crippen LogP contribution in [0.4, 0.5) is 0 Å². The van der Waals surface area contributed by atoms with E-state index in [0.717, 1.165) is 31.2 Å².